The summed E-state index contributed by atoms with van der Waals surface area (Å²) < 4.78 is 118. The average Bonchev–Trinajstić information content (AvgIpc) is 2.77. The minimum absolute atomic E-state index is 0.0695. The summed E-state index contributed by atoms with van der Waals surface area (Å²) in [5.41, 5.74) is -1.32. The van der Waals surface area contributed by atoms with Gasteiger partial charge >= 0.3 is 12.8 Å². The quantitative estimate of drug-likeness (QED) is 0.479. The first-order valence-corrected chi connectivity index (χ1v) is 14.1. The highest BCUT2D eigenvalue weighted by Crippen LogP contribution is 2.32. The van der Waals surface area contributed by atoms with E-state index < -0.39 is 71.1 Å². The Labute approximate surface area is 204 Å². The predicted octanol–water partition coefficient (Wildman–Crippen LogP) is 4.04. The van der Waals surface area contributed by atoms with Crippen molar-refractivity contribution in [2.24, 2.45) is 5.92 Å². The lowest BCUT2D eigenvalue weighted by atomic mass is 9.98. The van der Waals surface area contributed by atoms with Gasteiger partial charge in [0.05, 0.1) is 26.7 Å². The number of likely N-dealkylation sites (tertiary alicyclic amines) is 1. The molecule has 1 aliphatic rings. The Hall–Kier alpha value is -2.74. The third kappa shape index (κ3) is 6.72. The van der Waals surface area contributed by atoms with Crippen molar-refractivity contribution < 1.29 is 48.3 Å². The van der Waals surface area contributed by atoms with Crippen LogP contribution >= 0.6 is 0 Å². The Kier molecular flexibility index (Phi) is 7.98. The fourth-order valence-electron chi connectivity index (χ4n) is 3.91. The monoisotopic (exact) mass is 555 g/mol. The van der Waals surface area contributed by atoms with Gasteiger partial charge in [-0.25, -0.2) is 16.8 Å². The number of halogens is 5. The molecule has 3 rings (SSSR count). The maximum absolute atomic E-state index is 13.0. The number of hydrogen-bond acceptors (Lipinski definition) is 6. The molecule has 1 amide bonds. The minimum Gasteiger partial charge on any atom is -0.435 e. The van der Waals surface area contributed by atoms with E-state index in [4.69, 9.17) is 0 Å². The maximum Gasteiger partial charge on any atom is 0.416 e. The van der Waals surface area contributed by atoms with Gasteiger partial charge < -0.3 is 9.64 Å². The molecule has 1 aliphatic heterocycles. The second-order valence-corrected chi connectivity index (χ2v) is 12.4. The molecule has 1 heterocycles. The number of alkyl halides is 5. The number of amides is 1. The van der Waals surface area contributed by atoms with Crippen molar-refractivity contribution in [3.8, 4) is 5.75 Å². The fraction of sp³-hybridized carbons (Fsp3) is 0.409. The van der Waals surface area contributed by atoms with Crippen LogP contribution in [0.4, 0.5) is 22.0 Å². The molecule has 1 saturated heterocycles. The molecule has 0 unspecified atom stereocenters. The van der Waals surface area contributed by atoms with Gasteiger partial charge in [0.25, 0.3) is 5.91 Å². The predicted molar refractivity (Wildman–Crippen MR) is 118 cm³/mol. The summed E-state index contributed by atoms with van der Waals surface area (Å²) in [5, 5.41) is 0. The number of nitrogens with zero attached hydrogens (tertiary/aromatic N) is 1. The fourth-order valence-corrected chi connectivity index (χ4v) is 6.53. The first-order chi connectivity index (χ1) is 16.6. The van der Waals surface area contributed by atoms with E-state index in [-0.39, 0.29) is 31.5 Å². The van der Waals surface area contributed by atoms with E-state index in [1.54, 1.807) is 0 Å². The topological polar surface area (TPSA) is 97.8 Å². The third-order valence-corrected chi connectivity index (χ3v) is 8.70. The zero-order chi connectivity index (χ0) is 26.9. The SMILES string of the molecule is CS(=O)(=O)c1cc(OC(F)F)ccc1C(=O)N1CCC(CS(=O)(=O)c2cccc(C(F)(F)F)c2)CC1. The van der Waals surface area contributed by atoms with E-state index in [0.717, 1.165) is 42.7 Å². The molecule has 0 radical (unpaired) electrons. The molecular weight excluding hydrogens is 533 g/mol. The van der Waals surface area contributed by atoms with Gasteiger partial charge in [0.2, 0.25) is 0 Å². The van der Waals surface area contributed by atoms with E-state index in [0.29, 0.717) is 6.07 Å². The maximum atomic E-state index is 13.0. The highest BCUT2D eigenvalue weighted by Gasteiger charge is 2.33. The molecule has 0 spiro atoms. The second-order valence-electron chi connectivity index (χ2n) is 8.35. The number of piperidine rings is 1. The Morgan fingerprint density at radius 2 is 1.69 bits per heavy atom. The molecule has 0 atom stereocenters. The number of carbonyl (C=O) groups excluding carboxylic acids is 1. The summed E-state index contributed by atoms with van der Waals surface area (Å²) in [6.07, 6.45) is -3.45. The summed E-state index contributed by atoms with van der Waals surface area (Å²) in [4.78, 5) is 13.4. The van der Waals surface area contributed by atoms with Gasteiger partial charge in [-0.2, -0.15) is 22.0 Å². The van der Waals surface area contributed by atoms with Crippen LogP contribution in [0.3, 0.4) is 0 Å². The second kappa shape index (κ2) is 10.3. The lowest BCUT2D eigenvalue weighted by Gasteiger charge is -2.32. The Morgan fingerprint density at radius 1 is 1.06 bits per heavy atom. The lowest BCUT2D eigenvalue weighted by Crippen LogP contribution is -2.40. The van der Waals surface area contributed by atoms with Crippen LogP contribution in [0.1, 0.15) is 28.8 Å². The Morgan fingerprint density at radius 3 is 2.25 bits per heavy atom. The zero-order valence-electron chi connectivity index (χ0n) is 18.8. The van der Waals surface area contributed by atoms with E-state index in [2.05, 4.69) is 4.74 Å². The number of sulfone groups is 2. The van der Waals surface area contributed by atoms with Crippen LogP contribution in [-0.4, -0.2) is 59.4 Å². The van der Waals surface area contributed by atoms with E-state index in [9.17, 15) is 43.6 Å². The Bertz CT molecular complexity index is 1330. The van der Waals surface area contributed by atoms with E-state index in [1.165, 1.54) is 4.90 Å². The summed E-state index contributed by atoms with van der Waals surface area (Å²) in [6.45, 7) is -3.05. The molecule has 2 aromatic carbocycles. The van der Waals surface area contributed by atoms with Crippen molar-refractivity contribution in [1.29, 1.82) is 0 Å². The smallest absolute Gasteiger partial charge is 0.416 e. The lowest BCUT2D eigenvalue weighted by molar-refractivity contribution is -0.137. The zero-order valence-corrected chi connectivity index (χ0v) is 20.5. The van der Waals surface area contributed by atoms with Gasteiger partial charge in [-0.15, -0.1) is 0 Å². The molecule has 7 nitrogen and oxygen atoms in total. The van der Waals surface area contributed by atoms with Crippen LogP contribution < -0.4 is 4.74 Å². The van der Waals surface area contributed by atoms with Gasteiger partial charge in [0.1, 0.15) is 5.75 Å². The molecule has 14 heteroatoms. The summed E-state index contributed by atoms with van der Waals surface area (Å²) >= 11 is 0. The molecule has 0 aliphatic carbocycles. The van der Waals surface area contributed by atoms with E-state index in [1.807, 2.05) is 0 Å². The molecule has 0 aromatic heterocycles. The van der Waals surface area contributed by atoms with Crippen LogP contribution in [0, 0.1) is 5.92 Å². The van der Waals surface area contributed by atoms with Gasteiger partial charge in [-0.1, -0.05) is 6.07 Å². The number of ether oxygens (including phenoxy) is 1. The third-order valence-electron chi connectivity index (χ3n) is 5.69. The van der Waals surface area contributed by atoms with Crippen LogP contribution in [-0.2, 0) is 25.9 Å². The highest BCUT2D eigenvalue weighted by molar-refractivity contribution is 7.91. The van der Waals surface area contributed by atoms with Crippen LogP contribution in [0.15, 0.2) is 52.3 Å². The summed E-state index contributed by atoms with van der Waals surface area (Å²) in [5.74, 6) is -1.96. The molecule has 36 heavy (non-hydrogen) atoms. The van der Waals surface area contributed by atoms with Gasteiger partial charge in [0.15, 0.2) is 19.7 Å². The standard InChI is InChI=1S/C22H22F5NO6S2/c1-35(30,31)19-12-16(34-21(23)24)5-6-18(19)20(29)28-9-7-14(8-10-28)13-36(32,33)17-4-2-3-15(11-17)22(25,26)27/h2-6,11-12,14,21H,7-10,13H2,1H3. The van der Waals surface area contributed by atoms with Crippen LogP contribution in [0.2, 0.25) is 0 Å². The molecule has 0 N–H and O–H groups in total. The first kappa shape index (κ1) is 27.8. The highest BCUT2D eigenvalue weighted by atomic mass is 32.2. The van der Waals surface area contributed by atoms with Gasteiger partial charge in [-0.05, 0) is 55.2 Å². The number of benzene rings is 2. The summed E-state index contributed by atoms with van der Waals surface area (Å²) in [7, 11) is -8.02. The first-order valence-electron chi connectivity index (χ1n) is 10.6. The minimum atomic E-state index is -4.69. The number of hydrogen-bond donors (Lipinski definition) is 0. The normalized spacial score (nSPS) is 15.8. The molecule has 2 aromatic rings. The molecule has 1 fully saturated rings. The van der Waals surface area contributed by atoms with Crippen LogP contribution in [0.25, 0.3) is 0 Å². The van der Waals surface area contributed by atoms with Crippen molar-refractivity contribution in [3.05, 3.63) is 53.6 Å². The average molecular weight is 556 g/mol. The van der Waals surface area contributed by atoms with Crippen molar-refractivity contribution in [2.75, 3.05) is 25.1 Å². The molecule has 0 bridgehead atoms. The molecular formula is C22H22F5NO6S2. The van der Waals surface area contributed by atoms with Crippen molar-refractivity contribution >= 4 is 25.6 Å². The van der Waals surface area contributed by atoms with Gasteiger partial charge in [0, 0.05) is 19.3 Å². The van der Waals surface area contributed by atoms with E-state index >= 15 is 0 Å². The largest absolute Gasteiger partial charge is 0.435 e. The molecule has 0 saturated carbocycles. The number of carbonyl (C=O) groups is 1. The van der Waals surface area contributed by atoms with Crippen molar-refractivity contribution in [2.45, 2.75) is 35.4 Å². The summed E-state index contributed by atoms with van der Waals surface area (Å²) in [6, 6.07) is 6.43. The van der Waals surface area contributed by atoms with Crippen LogP contribution in [0.5, 0.6) is 5.75 Å². The Balaban J connectivity index is 1.72. The van der Waals surface area contributed by atoms with Crippen molar-refractivity contribution in [1.82, 2.24) is 4.90 Å². The number of rotatable bonds is 7. The van der Waals surface area contributed by atoms with Crippen molar-refractivity contribution in [3.63, 3.8) is 0 Å². The van der Waals surface area contributed by atoms with Gasteiger partial charge in [-0.3, -0.25) is 4.79 Å². The molecule has 198 valence electrons.